The largest absolute Gasteiger partial charge is 0.456 e. The highest BCUT2D eigenvalue weighted by Crippen LogP contribution is 2.44. The minimum absolute atomic E-state index is 0.866. The van der Waals surface area contributed by atoms with Gasteiger partial charge in [0.2, 0.25) is 0 Å². The van der Waals surface area contributed by atoms with Gasteiger partial charge in [0.1, 0.15) is 11.2 Å². The molecule has 0 unspecified atom stereocenters. The van der Waals surface area contributed by atoms with E-state index in [0.717, 1.165) is 44.6 Å². The first-order valence-corrected chi connectivity index (χ1v) is 19.1. The van der Waals surface area contributed by atoms with Gasteiger partial charge in [0.05, 0.1) is 11.1 Å². The Morgan fingerprint density at radius 1 is 0.286 bits per heavy atom. The molecule has 9 aromatic carbocycles. The van der Waals surface area contributed by atoms with Gasteiger partial charge in [0, 0.05) is 16.8 Å². The normalized spacial score (nSPS) is 11.2. The van der Waals surface area contributed by atoms with Crippen LogP contribution in [0.25, 0.3) is 77.6 Å². The molecule has 2 heteroatoms. The molecule has 0 aliphatic rings. The summed E-state index contributed by atoms with van der Waals surface area (Å²) in [5.74, 6) is 0. The Kier molecular flexibility index (Phi) is 8.55. The Hall–Kier alpha value is -7.42. The summed E-state index contributed by atoms with van der Waals surface area (Å²) in [4.78, 5) is 2.36. The number of rotatable bonds is 8. The molecule has 0 saturated heterocycles. The van der Waals surface area contributed by atoms with Crippen LogP contribution in [-0.2, 0) is 0 Å². The van der Waals surface area contributed by atoms with Crippen LogP contribution in [0.4, 0.5) is 17.1 Å². The molecular formula is C54H37NO. The summed E-state index contributed by atoms with van der Waals surface area (Å²) in [6.07, 6.45) is 0. The quantitative estimate of drug-likeness (QED) is 0.156. The second-order valence-electron chi connectivity index (χ2n) is 14.1. The molecule has 10 aromatic rings. The summed E-state index contributed by atoms with van der Waals surface area (Å²) in [7, 11) is 0. The lowest BCUT2D eigenvalue weighted by Gasteiger charge is -2.27. The predicted octanol–water partition coefficient (Wildman–Crippen LogP) is 15.4. The summed E-state index contributed by atoms with van der Waals surface area (Å²) in [6, 6.07) is 80.0. The lowest BCUT2D eigenvalue weighted by atomic mass is 9.92. The molecule has 0 amide bonds. The van der Waals surface area contributed by atoms with Crippen molar-refractivity contribution < 1.29 is 4.42 Å². The van der Waals surface area contributed by atoms with Crippen LogP contribution < -0.4 is 4.90 Å². The zero-order chi connectivity index (χ0) is 37.3. The maximum Gasteiger partial charge on any atom is 0.137 e. The molecule has 2 nitrogen and oxygen atoms in total. The topological polar surface area (TPSA) is 16.4 Å². The Morgan fingerprint density at radius 3 is 1.32 bits per heavy atom. The van der Waals surface area contributed by atoms with Crippen LogP contribution in [-0.4, -0.2) is 0 Å². The van der Waals surface area contributed by atoms with Crippen molar-refractivity contribution in [2.24, 2.45) is 0 Å². The van der Waals surface area contributed by atoms with Crippen molar-refractivity contribution in [2.45, 2.75) is 0 Å². The van der Waals surface area contributed by atoms with E-state index in [9.17, 15) is 0 Å². The molecule has 1 heterocycles. The van der Waals surface area contributed by atoms with Gasteiger partial charge in [-0.3, -0.25) is 0 Å². The molecule has 264 valence electrons. The summed E-state index contributed by atoms with van der Waals surface area (Å²) < 4.78 is 6.39. The highest BCUT2D eigenvalue weighted by atomic mass is 16.3. The van der Waals surface area contributed by atoms with Crippen molar-refractivity contribution in [3.8, 4) is 55.6 Å². The van der Waals surface area contributed by atoms with Gasteiger partial charge in [-0.05, 0) is 104 Å². The van der Waals surface area contributed by atoms with E-state index in [1.165, 1.54) is 50.1 Å². The smallest absolute Gasteiger partial charge is 0.137 e. The van der Waals surface area contributed by atoms with Crippen molar-refractivity contribution in [1.29, 1.82) is 0 Å². The molecule has 0 spiro atoms. The first-order valence-electron chi connectivity index (χ1n) is 19.1. The number of benzene rings is 9. The maximum absolute atomic E-state index is 6.39. The summed E-state index contributed by atoms with van der Waals surface area (Å²) in [5, 5.41) is 2.19. The molecule has 0 saturated carbocycles. The lowest BCUT2D eigenvalue weighted by molar-refractivity contribution is 0.669. The van der Waals surface area contributed by atoms with Gasteiger partial charge in [-0.15, -0.1) is 0 Å². The second-order valence-corrected chi connectivity index (χ2v) is 14.1. The predicted molar refractivity (Wildman–Crippen MR) is 236 cm³/mol. The van der Waals surface area contributed by atoms with Crippen LogP contribution in [0.3, 0.4) is 0 Å². The average Bonchev–Trinajstić information content (AvgIpc) is 3.67. The van der Waals surface area contributed by atoms with E-state index in [1.54, 1.807) is 0 Å². The minimum Gasteiger partial charge on any atom is -0.456 e. The molecule has 0 radical (unpaired) electrons. The molecule has 0 aliphatic carbocycles. The fourth-order valence-electron chi connectivity index (χ4n) is 8.04. The fourth-order valence-corrected chi connectivity index (χ4v) is 8.04. The zero-order valence-electron chi connectivity index (χ0n) is 30.7. The summed E-state index contributed by atoms with van der Waals surface area (Å²) in [6.45, 7) is 0. The zero-order valence-corrected chi connectivity index (χ0v) is 30.7. The Balaban J connectivity index is 1.08. The van der Waals surface area contributed by atoms with Crippen LogP contribution in [0.15, 0.2) is 229 Å². The number of nitrogens with zero attached hydrogens (tertiary/aromatic N) is 1. The third kappa shape index (κ3) is 6.14. The van der Waals surface area contributed by atoms with E-state index >= 15 is 0 Å². The average molecular weight is 716 g/mol. The molecule has 0 fully saturated rings. The van der Waals surface area contributed by atoms with Crippen LogP contribution in [0.5, 0.6) is 0 Å². The Labute approximate surface area is 327 Å². The lowest BCUT2D eigenvalue weighted by Crippen LogP contribution is -2.10. The van der Waals surface area contributed by atoms with E-state index in [1.807, 2.05) is 12.1 Å². The Bertz CT molecular complexity index is 2940. The van der Waals surface area contributed by atoms with E-state index < -0.39 is 0 Å². The molecule has 0 N–H and O–H groups in total. The van der Waals surface area contributed by atoms with Gasteiger partial charge in [0.15, 0.2) is 0 Å². The monoisotopic (exact) mass is 715 g/mol. The molecule has 10 rings (SSSR count). The van der Waals surface area contributed by atoms with Gasteiger partial charge >= 0.3 is 0 Å². The van der Waals surface area contributed by atoms with Gasteiger partial charge in [-0.1, -0.05) is 176 Å². The van der Waals surface area contributed by atoms with Crippen molar-refractivity contribution in [2.75, 3.05) is 4.90 Å². The second kappa shape index (κ2) is 14.4. The standard InChI is InChI=1S/C54H37NO/c1-3-15-38(16-4-1)42-19-13-20-43(37-42)49-24-10-9-23-48(49)41-31-35-45(36-32-41)55(51-26-14-28-53-54(51)50-25-11-12-27-52(50)56-53)44-33-29-40(30-34-44)47-22-8-7-21-46(47)39-17-5-2-6-18-39/h1-37H. The first kappa shape index (κ1) is 33.2. The van der Waals surface area contributed by atoms with Crippen LogP contribution in [0.1, 0.15) is 0 Å². The minimum atomic E-state index is 0.866. The van der Waals surface area contributed by atoms with E-state index in [-0.39, 0.29) is 0 Å². The molecular weight excluding hydrogens is 679 g/mol. The number of furan rings is 1. The number of hydrogen-bond donors (Lipinski definition) is 0. The van der Waals surface area contributed by atoms with Gasteiger partial charge in [-0.2, -0.15) is 0 Å². The fraction of sp³-hybridized carbons (Fsp3) is 0. The van der Waals surface area contributed by atoms with Gasteiger partial charge in [-0.25, -0.2) is 0 Å². The number of anilines is 3. The Morgan fingerprint density at radius 2 is 0.714 bits per heavy atom. The number of para-hydroxylation sites is 1. The number of fused-ring (bicyclic) bond motifs is 3. The summed E-state index contributed by atoms with van der Waals surface area (Å²) >= 11 is 0. The third-order valence-electron chi connectivity index (χ3n) is 10.7. The van der Waals surface area contributed by atoms with Crippen molar-refractivity contribution in [1.82, 2.24) is 0 Å². The van der Waals surface area contributed by atoms with Gasteiger partial charge < -0.3 is 9.32 Å². The molecule has 1 aromatic heterocycles. The van der Waals surface area contributed by atoms with E-state index in [2.05, 4.69) is 217 Å². The maximum atomic E-state index is 6.39. The number of hydrogen-bond acceptors (Lipinski definition) is 2. The highest BCUT2D eigenvalue weighted by Gasteiger charge is 2.20. The highest BCUT2D eigenvalue weighted by molar-refractivity contribution is 6.13. The van der Waals surface area contributed by atoms with Crippen molar-refractivity contribution >= 4 is 39.0 Å². The van der Waals surface area contributed by atoms with Crippen LogP contribution in [0, 0.1) is 0 Å². The molecule has 56 heavy (non-hydrogen) atoms. The molecule has 0 atom stereocenters. The van der Waals surface area contributed by atoms with Crippen LogP contribution in [0.2, 0.25) is 0 Å². The van der Waals surface area contributed by atoms with E-state index in [0.29, 0.717) is 0 Å². The molecule has 0 bridgehead atoms. The van der Waals surface area contributed by atoms with Crippen molar-refractivity contribution in [3.63, 3.8) is 0 Å². The van der Waals surface area contributed by atoms with Crippen LogP contribution >= 0.6 is 0 Å². The SMILES string of the molecule is c1ccc(-c2cccc(-c3ccccc3-c3ccc(N(c4ccc(-c5ccccc5-c5ccccc5)cc4)c4cccc5oc6ccccc6c45)cc3)c2)cc1. The van der Waals surface area contributed by atoms with Crippen molar-refractivity contribution in [3.05, 3.63) is 224 Å². The van der Waals surface area contributed by atoms with E-state index in [4.69, 9.17) is 4.42 Å². The van der Waals surface area contributed by atoms with Gasteiger partial charge in [0.25, 0.3) is 0 Å². The molecule has 0 aliphatic heterocycles. The first-order chi connectivity index (χ1) is 27.8. The summed E-state index contributed by atoms with van der Waals surface area (Å²) in [5.41, 5.74) is 16.9. The third-order valence-corrected chi connectivity index (χ3v) is 10.7.